The van der Waals surface area contributed by atoms with Gasteiger partial charge in [-0.2, -0.15) is 0 Å². The molecule has 28 heavy (non-hydrogen) atoms. The van der Waals surface area contributed by atoms with Crippen LogP contribution in [0, 0.1) is 5.82 Å². The first-order chi connectivity index (χ1) is 13.4. The van der Waals surface area contributed by atoms with Gasteiger partial charge in [0.25, 0.3) is 5.56 Å². The number of carbonyl (C=O) groups is 1. The molecule has 0 aliphatic heterocycles. The summed E-state index contributed by atoms with van der Waals surface area (Å²) in [5, 5.41) is 3.72. The van der Waals surface area contributed by atoms with Gasteiger partial charge in [-0.3, -0.25) is 14.2 Å². The minimum atomic E-state index is -0.414. The first kappa shape index (κ1) is 19.1. The second-order valence-electron chi connectivity index (χ2n) is 6.90. The summed E-state index contributed by atoms with van der Waals surface area (Å²) in [6, 6.07) is 6.02. The third-order valence-corrected chi connectivity index (χ3v) is 7.27. The molecule has 1 aromatic carbocycles. The van der Waals surface area contributed by atoms with Crippen LogP contribution in [0.3, 0.4) is 0 Å². The van der Waals surface area contributed by atoms with E-state index in [0.717, 1.165) is 40.6 Å². The highest BCUT2D eigenvalue weighted by Gasteiger charge is 2.24. The minimum absolute atomic E-state index is 0.0363. The van der Waals surface area contributed by atoms with E-state index in [-0.39, 0.29) is 17.3 Å². The monoisotopic (exact) mass is 417 g/mol. The largest absolute Gasteiger partial charge is 0.351 e. The van der Waals surface area contributed by atoms with Crippen LogP contribution in [0.2, 0.25) is 0 Å². The molecule has 0 radical (unpaired) electrons. The summed E-state index contributed by atoms with van der Waals surface area (Å²) in [4.78, 5) is 32.0. The highest BCUT2D eigenvalue weighted by Crippen LogP contribution is 2.35. The molecular weight excluding hydrogens is 397 g/mol. The number of fused-ring (bicyclic) bond motifs is 3. The Hall–Kier alpha value is -2.19. The van der Waals surface area contributed by atoms with Crippen molar-refractivity contribution in [2.75, 3.05) is 0 Å². The van der Waals surface area contributed by atoms with Crippen molar-refractivity contribution in [2.24, 2.45) is 7.05 Å². The van der Waals surface area contributed by atoms with Crippen LogP contribution in [0.1, 0.15) is 29.3 Å². The van der Waals surface area contributed by atoms with Gasteiger partial charge in [0.2, 0.25) is 5.91 Å². The predicted octanol–water partition coefficient (Wildman–Crippen LogP) is 3.42. The maximum Gasteiger partial charge on any atom is 0.262 e. The maximum absolute atomic E-state index is 13.0. The normalized spacial score (nSPS) is 14.2. The lowest BCUT2D eigenvalue weighted by molar-refractivity contribution is -0.120. The van der Waals surface area contributed by atoms with E-state index in [1.165, 1.54) is 28.8 Å². The van der Waals surface area contributed by atoms with Crippen molar-refractivity contribution in [1.82, 2.24) is 14.9 Å². The van der Waals surface area contributed by atoms with Gasteiger partial charge >= 0.3 is 0 Å². The topological polar surface area (TPSA) is 64.0 Å². The van der Waals surface area contributed by atoms with Gasteiger partial charge in [-0.1, -0.05) is 23.9 Å². The number of hydrogen-bond donors (Lipinski definition) is 1. The third kappa shape index (κ3) is 3.58. The Balaban J connectivity index is 1.49. The zero-order chi connectivity index (χ0) is 19.8. The van der Waals surface area contributed by atoms with Crippen molar-refractivity contribution in [2.45, 2.75) is 43.1 Å². The lowest BCUT2D eigenvalue weighted by Crippen LogP contribution is -2.31. The van der Waals surface area contributed by atoms with Gasteiger partial charge in [0.05, 0.1) is 10.6 Å². The van der Waals surface area contributed by atoms with Crippen LogP contribution in [0.25, 0.3) is 10.2 Å². The van der Waals surface area contributed by atoms with Gasteiger partial charge in [0, 0.05) is 18.5 Å². The van der Waals surface area contributed by atoms with Gasteiger partial charge < -0.3 is 5.32 Å². The number of thiophene rings is 1. The van der Waals surface area contributed by atoms with E-state index in [2.05, 4.69) is 10.3 Å². The lowest BCUT2D eigenvalue weighted by Gasteiger charge is -2.13. The van der Waals surface area contributed by atoms with Crippen LogP contribution < -0.4 is 10.9 Å². The van der Waals surface area contributed by atoms with Gasteiger partial charge in [0.15, 0.2) is 5.16 Å². The van der Waals surface area contributed by atoms with Gasteiger partial charge in [-0.05, 0) is 49.4 Å². The molecule has 1 amide bonds. The van der Waals surface area contributed by atoms with E-state index in [1.807, 2.05) is 0 Å². The second kappa shape index (κ2) is 7.67. The van der Waals surface area contributed by atoms with E-state index in [1.54, 1.807) is 42.0 Å². The van der Waals surface area contributed by atoms with E-state index in [0.29, 0.717) is 11.7 Å². The Morgan fingerprint density at radius 1 is 1.36 bits per heavy atom. The first-order valence-electron chi connectivity index (χ1n) is 9.14. The Bertz CT molecular complexity index is 1110. The number of nitrogens with zero attached hydrogens (tertiary/aromatic N) is 2. The van der Waals surface area contributed by atoms with Crippen molar-refractivity contribution >= 4 is 39.2 Å². The number of aryl methyl sites for hydroxylation is 2. The van der Waals surface area contributed by atoms with E-state index >= 15 is 0 Å². The third-order valence-electron chi connectivity index (χ3n) is 4.94. The van der Waals surface area contributed by atoms with Crippen molar-refractivity contribution in [1.29, 1.82) is 0 Å². The molecule has 146 valence electrons. The SMILES string of the molecule is C[C@@H](Sc1nc2sc3c(c2c(=O)n1C)CCC3)C(=O)NCc1ccc(F)cc1. The fraction of sp³-hybridized carbons (Fsp3) is 0.350. The molecule has 0 spiro atoms. The summed E-state index contributed by atoms with van der Waals surface area (Å²) in [5.41, 5.74) is 1.95. The number of carbonyl (C=O) groups excluding carboxylic acids is 1. The molecule has 0 unspecified atom stereocenters. The average Bonchev–Trinajstić information content (AvgIpc) is 3.25. The number of hydrogen-bond acceptors (Lipinski definition) is 5. The Morgan fingerprint density at radius 3 is 2.86 bits per heavy atom. The Kier molecular flexibility index (Phi) is 5.25. The van der Waals surface area contributed by atoms with Gasteiger partial charge in [-0.15, -0.1) is 11.3 Å². The first-order valence-corrected chi connectivity index (χ1v) is 10.8. The van der Waals surface area contributed by atoms with Crippen LogP contribution in [0.5, 0.6) is 0 Å². The molecule has 4 rings (SSSR count). The quantitative estimate of drug-likeness (QED) is 0.510. The van der Waals surface area contributed by atoms with Crippen LogP contribution in [-0.4, -0.2) is 20.7 Å². The predicted molar refractivity (Wildman–Crippen MR) is 110 cm³/mol. The molecule has 3 aromatic rings. The molecule has 2 heterocycles. The van der Waals surface area contributed by atoms with E-state index in [4.69, 9.17) is 0 Å². The smallest absolute Gasteiger partial charge is 0.262 e. The number of nitrogens with one attached hydrogen (secondary N) is 1. The average molecular weight is 418 g/mol. The molecule has 1 N–H and O–H groups in total. The van der Waals surface area contributed by atoms with Gasteiger partial charge in [-0.25, -0.2) is 9.37 Å². The number of halogens is 1. The fourth-order valence-electron chi connectivity index (χ4n) is 3.36. The minimum Gasteiger partial charge on any atom is -0.351 e. The number of amides is 1. The summed E-state index contributed by atoms with van der Waals surface area (Å²) < 4.78 is 14.5. The zero-order valence-corrected chi connectivity index (χ0v) is 17.3. The highest BCUT2D eigenvalue weighted by molar-refractivity contribution is 8.00. The lowest BCUT2D eigenvalue weighted by atomic mass is 10.2. The number of rotatable bonds is 5. The van der Waals surface area contributed by atoms with Crippen LogP contribution in [-0.2, 0) is 31.2 Å². The molecule has 1 aliphatic rings. The summed E-state index contributed by atoms with van der Waals surface area (Å²) in [6.07, 6.45) is 3.06. The van der Waals surface area contributed by atoms with E-state index < -0.39 is 5.25 Å². The Labute approximate surface area is 170 Å². The summed E-state index contributed by atoms with van der Waals surface area (Å²) in [5.74, 6) is -0.460. The van der Waals surface area contributed by atoms with Crippen LogP contribution in [0.4, 0.5) is 4.39 Å². The Morgan fingerprint density at radius 2 is 2.11 bits per heavy atom. The zero-order valence-electron chi connectivity index (χ0n) is 15.6. The molecule has 0 saturated heterocycles. The van der Waals surface area contributed by atoms with Crippen molar-refractivity contribution in [3.05, 3.63) is 56.4 Å². The number of aromatic nitrogens is 2. The summed E-state index contributed by atoms with van der Waals surface area (Å²) >= 11 is 2.87. The van der Waals surface area contributed by atoms with Gasteiger partial charge in [0.1, 0.15) is 10.6 Å². The van der Waals surface area contributed by atoms with E-state index in [9.17, 15) is 14.0 Å². The molecule has 0 saturated carbocycles. The summed E-state index contributed by atoms with van der Waals surface area (Å²) in [7, 11) is 1.71. The molecule has 8 heteroatoms. The molecule has 2 aromatic heterocycles. The molecule has 0 bridgehead atoms. The molecule has 0 fully saturated rings. The molecule has 5 nitrogen and oxygen atoms in total. The highest BCUT2D eigenvalue weighted by atomic mass is 32.2. The molecular formula is C20H20FN3O2S2. The number of benzene rings is 1. The maximum atomic E-state index is 13.0. The van der Waals surface area contributed by atoms with Crippen molar-refractivity contribution < 1.29 is 9.18 Å². The van der Waals surface area contributed by atoms with Crippen LogP contribution in [0.15, 0.2) is 34.2 Å². The fourth-order valence-corrected chi connectivity index (χ4v) is 5.56. The van der Waals surface area contributed by atoms with Crippen molar-refractivity contribution in [3.63, 3.8) is 0 Å². The van der Waals surface area contributed by atoms with Crippen molar-refractivity contribution in [3.8, 4) is 0 Å². The second-order valence-corrected chi connectivity index (χ2v) is 9.29. The van der Waals surface area contributed by atoms with Crippen LogP contribution >= 0.6 is 23.1 Å². The molecule has 1 aliphatic carbocycles. The molecule has 1 atom stereocenters. The summed E-state index contributed by atoms with van der Waals surface area (Å²) in [6.45, 7) is 2.11. The number of thioether (sulfide) groups is 1. The standard InChI is InChI=1S/C20H20FN3O2S2/c1-11(17(25)22-10-12-6-8-13(21)9-7-12)27-20-23-18-16(19(26)24(20)2)14-4-3-5-15(14)28-18/h6-9,11H,3-5,10H2,1-2H3,(H,22,25)/t11-/m1/s1.